The summed E-state index contributed by atoms with van der Waals surface area (Å²) in [4.78, 5) is 4.18. The molecule has 4 rings (SSSR count). The number of nitrogen functional groups attached to an aromatic ring is 1. The summed E-state index contributed by atoms with van der Waals surface area (Å²) in [6, 6.07) is 8.78. The van der Waals surface area contributed by atoms with Gasteiger partial charge in [-0.3, -0.25) is 4.98 Å². The SMILES string of the molecule is Cc1cc2c(cc1C#N)c(-c1cncc(N)c1Cl)cn2[C@H]1C[C@H](C#N)C1. The number of aromatic nitrogens is 2. The van der Waals surface area contributed by atoms with E-state index in [0.29, 0.717) is 16.3 Å². The number of pyridine rings is 1. The van der Waals surface area contributed by atoms with Crippen molar-refractivity contribution in [2.75, 3.05) is 5.73 Å². The minimum absolute atomic E-state index is 0.109. The topological polar surface area (TPSA) is 91.4 Å². The standard InChI is InChI=1S/C20H16ClN5/c1-11-2-19-15(5-13(11)7-23)17(16-8-25-9-18(24)20(16)21)10-26(19)14-3-12(4-14)6-22/h2,5,8-10,12,14H,3-4,24H2,1H3/t12-,14-. The van der Waals surface area contributed by atoms with Gasteiger partial charge in [0, 0.05) is 40.5 Å². The molecule has 0 aliphatic heterocycles. The Morgan fingerprint density at radius 2 is 2.00 bits per heavy atom. The Morgan fingerprint density at radius 3 is 2.69 bits per heavy atom. The predicted molar refractivity (Wildman–Crippen MR) is 101 cm³/mol. The van der Waals surface area contributed by atoms with E-state index in [2.05, 4.69) is 21.7 Å². The van der Waals surface area contributed by atoms with Crippen molar-refractivity contribution in [1.82, 2.24) is 9.55 Å². The first kappa shape index (κ1) is 16.4. The smallest absolute Gasteiger partial charge is 0.0994 e. The Bertz CT molecular complexity index is 1110. The normalized spacial score (nSPS) is 18.9. The second kappa shape index (κ2) is 6.05. The zero-order valence-corrected chi connectivity index (χ0v) is 15.0. The number of nitriles is 2. The predicted octanol–water partition coefficient (Wildman–Crippen LogP) is 4.59. The third-order valence-corrected chi connectivity index (χ3v) is 5.61. The van der Waals surface area contributed by atoms with Gasteiger partial charge in [-0.25, -0.2) is 0 Å². The van der Waals surface area contributed by atoms with Gasteiger partial charge in [-0.1, -0.05) is 11.6 Å². The van der Waals surface area contributed by atoms with Crippen molar-refractivity contribution in [2.45, 2.75) is 25.8 Å². The van der Waals surface area contributed by atoms with Crippen molar-refractivity contribution in [3.8, 4) is 23.3 Å². The molecule has 1 aliphatic rings. The highest BCUT2D eigenvalue weighted by Crippen LogP contribution is 2.44. The number of nitrogens with two attached hydrogens (primary N) is 1. The Balaban J connectivity index is 1.97. The van der Waals surface area contributed by atoms with Gasteiger partial charge in [-0.05, 0) is 37.5 Å². The number of benzene rings is 1. The molecule has 128 valence electrons. The van der Waals surface area contributed by atoms with Gasteiger partial charge < -0.3 is 10.3 Å². The maximum absolute atomic E-state index is 9.43. The molecule has 0 unspecified atom stereocenters. The maximum Gasteiger partial charge on any atom is 0.0994 e. The van der Waals surface area contributed by atoms with Gasteiger partial charge >= 0.3 is 0 Å². The summed E-state index contributed by atoms with van der Waals surface area (Å²) in [7, 11) is 0. The van der Waals surface area contributed by atoms with Gasteiger partial charge in [-0.15, -0.1) is 0 Å². The van der Waals surface area contributed by atoms with Crippen LogP contribution in [-0.4, -0.2) is 9.55 Å². The summed E-state index contributed by atoms with van der Waals surface area (Å²) in [5.41, 5.74) is 10.6. The van der Waals surface area contributed by atoms with Crippen LogP contribution in [0, 0.1) is 35.5 Å². The summed E-state index contributed by atoms with van der Waals surface area (Å²) < 4.78 is 2.20. The van der Waals surface area contributed by atoms with Crippen molar-refractivity contribution in [3.05, 3.63) is 46.9 Å². The third-order valence-electron chi connectivity index (χ3n) is 5.19. The molecule has 1 fully saturated rings. The minimum atomic E-state index is 0.109. The molecule has 26 heavy (non-hydrogen) atoms. The van der Waals surface area contributed by atoms with Crippen LogP contribution in [0.15, 0.2) is 30.7 Å². The average Bonchev–Trinajstić information content (AvgIpc) is 2.94. The monoisotopic (exact) mass is 361 g/mol. The lowest BCUT2D eigenvalue weighted by molar-refractivity contribution is 0.254. The van der Waals surface area contributed by atoms with E-state index in [1.165, 1.54) is 6.20 Å². The average molecular weight is 362 g/mol. The fourth-order valence-electron chi connectivity index (χ4n) is 3.61. The van der Waals surface area contributed by atoms with Gasteiger partial charge in [0.05, 0.1) is 40.5 Å². The van der Waals surface area contributed by atoms with Gasteiger partial charge in [0.1, 0.15) is 0 Å². The quantitative estimate of drug-likeness (QED) is 0.722. The molecule has 0 atom stereocenters. The molecule has 2 aromatic heterocycles. The van der Waals surface area contributed by atoms with Gasteiger partial charge in [0.25, 0.3) is 0 Å². The molecular formula is C20H16ClN5. The first-order valence-electron chi connectivity index (χ1n) is 8.37. The fraction of sp³-hybridized carbons (Fsp3) is 0.250. The largest absolute Gasteiger partial charge is 0.396 e. The van der Waals surface area contributed by atoms with Crippen LogP contribution in [0.3, 0.4) is 0 Å². The van der Waals surface area contributed by atoms with E-state index in [9.17, 15) is 5.26 Å². The number of rotatable bonds is 2. The van der Waals surface area contributed by atoms with E-state index in [0.717, 1.165) is 40.4 Å². The number of halogens is 1. The summed E-state index contributed by atoms with van der Waals surface area (Å²) in [6.45, 7) is 1.93. The Hall–Kier alpha value is -3.02. The Morgan fingerprint density at radius 1 is 1.23 bits per heavy atom. The second-order valence-electron chi connectivity index (χ2n) is 6.79. The molecule has 2 heterocycles. The molecule has 3 aromatic rings. The molecular weight excluding hydrogens is 346 g/mol. The lowest BCUT2D eigenvalue weighted by Crippen LogP contribution is -2.25. The highest BCUT2D eigenvalue weighted by Gasteiger charge is 2.32. The van der Waals surface area contributed by atoms with Crippen LogP contribution in [-0.2, 0) is 0 Å². The van der Waals surface area contributed by atoms with Crippen LogP contribution in [0.4, 0.5) is 5.69 Å². The van der Waals surface area contributed by atoms with Gasteiger partial charge in [0.2, 0.25) is 0 Å². The van der Waals surface area contributed by atoms with E-state index in [-0.39, 0.29) is 12.0 Å². The molecule has 0 saturated heterocycles. The molecule has 5 nitrogen and oxygen atoms in total. The van der Waals surface area contributed by atoms with Crippen molar-refractivity contribution in [1.29, 1.82) is 10.5 Å². The van der Waals surface area contributed by atoms with E-state index in [4.69, 9.17) is 22.6 Å². The molecule has 0 amide bonds. The lowest BCUT2D eigenvalue weighted by Gasteiger charge is -2.32. The van der Waals surface area contributed by atoms with E-state index in [1.54, 1.807) is 6.20 Å². The number of hydrogen-bond donors (Lipinski definition) is 1. The summed E-state index contributed by atoms with van der Waals surface area (Å²) >= 11 is 6.43. The van der Waals surface area contributed by atoms with Crippen LogP contribution in [0.1, 0.15) is 30.0 Å². The first-order chi connectivity index (χ1) is 12.5. The zero-order valence-electron chi connectivity index (χ0n) is 14.2. The van der Waals surface area contributed by atoms with Crippen LogP contribution >= 0.6 is 11.6 Å². The molecule has 1 aliphatic carbocycles. The molecule has 1 aromatic carbocycles. The van der Waals surface area contributed by atoms with Gasteiger partial charge in [-0.2, -0.15) is 10.5 Å². The molecule has 1 saturated carbocycles. The van der Waals surface area contributed by atoms with Crippen molar-refractivity contribution in [3.63, 3.8) is 0 Å². The molecule has 6 heteroatoms. The number of fused-ring (bicyclic) bond motifs is 1. The fourth-order valence-corrected chi connectivity index (χ4v) is 3.81. The third kappa shape index (κ3) is 2.41. The second-order valence-corrected chi connectivity index (χ2v) is 7.17. The Labute approximate surface area is 156 Å². The van der Waals surface area contributed by atoms with E-state index >= 15 is 0 Å². The first-order valence-corrected chi connectivity index (χ1v) is 8.75. The molecule has 0 spiro atoms. The zero-order chi connectivity index (χ0) is 18.4. The lowest BCUT2D eigenvalue weighted by atomic mass is 9.81. The highest BCUT2D eigenvalue weighted by atomic mass is 35.5. The van der Waals surface area contributed by atoms with Gasteiger partial charge in [0.15, 0.2) is 0 Å². The van der Waals surface area contributed by atoms with Crippen molar-refractivity contribution >= 4 is 28.2 Å². The summed E-state index contributed by atoms with van der Waals surface area (Å²) in [6.07, 6.45) is 6.94. The molecule has 2 N–H and O–H groups in total. The van der Waals surface area contributed by atoms with Crippen LogP contribution in [0.2, 0.25) is 5.02 Å². The van der Waals surface area contributed by atoms with E-state index in [1.807, 2.05) is 25.3 Å². The van der Waals surface area contributed by atoms with Crippen molar-refractivity contribution < 1.29 is 0 Å². The number of nitrogens with zero attached hydrogens (tertiary/aromatic N) is 4. The summed E-state index contributed by atoms with van der Waals surface area (Å²) in [5, 5.41) is 19.9. The number of hydrogen-bond acceptors (Lipinski definition) is 4. The number of aryl methyl sites for hydroxylation is 1. The van der Waals surface area contributed by atoms with Crippen molar-refractivity contribution in [2.24, 2.45) is 5.92 Å². The minimum Gasteiger partial charge on any atom is -0.396 e. The molecule has 0 radical (unpaired) electrons. The van der Waals surface area contributed by atoms with E-state index < -0.39 is 0 Å². The number of anilines is 1. The van der Waals surface area contributed by atoms with Crippen LogP contribution in [0.5, 0.6) is 0 Å². The van der Waals surface area contributed by atoms with Crippen LogP contribution in [0.25, 0.3) is 22.0 Å². The maximum atomic E-state index is 9.43. The Kier molecular flexibility index (Phi) is 3.83. The van der Waals surface area contributed by atoms with Crippen LogP contribution < -0.4 is 5.73 Å². The summed E-state index contributed by atoms with van der Waals surface area (Å²) in [5.74, 6) is 0.109. The highest BCUT2D eigenvalue weighted by molar-refractivity contribution is 6.36. The molecule has 0 bridgehead atoms.